The lowest BCUT2D eigenvalue weighted by Gasteiger charge is -2.25. The second-order valence-corrected chi connectivity index (χ2v) is 5.68. The van der Waals surface area contributed by atoms with Gasteiger partial charge in [0, 0.05) is 6.54 Å². The molecule has 2 rings (SSSR count). The first-order valence-electron chi connectivity index (χ1n) is 7.35. The van der Waals surface area contributed by atoms with Crippen LogP contribution in [-0.4, -0.2) is 37.0 Å². The highest BCUT2D eigenvalue weighted by Gasteiger charge is 2.18. The van der Waals surface area contributed by atoms with Gasteiger partial charge in [0.05, 0.1) is 18.8 Å². The monoisotopic (exact) mass is 241 g/mol. The first kappa shape index (κ1) is 13.3. The van der Waals surface area contributed by atoms with E-state index in [2.05, 4.69) is 5.32 Å². The summed E-state index contributed by atoms with van der Waals surface area (Å²) in [5.74, 6) is 0.953. The predicted molar refractivity (Wildman–Crippen MR) is 69.0 cm³/mol. The van der Waals surface area contributed by atoms with Gasteiger partial charge in [0.2, 0.25) is 0 Å². The SMILES string of the molecule is OC(CNCCC1CCC1)COC1CCCC1. The van der Waals surface area contributed by atoms with Crippen molar-refractivity contribution in [3.63, 3.8) is 0 Å². The molecule has 0 aromatic heterocycles. The van der Waals surface area contributed by atoms with Crippen LogP contribution in [0.1, 0.15) is 51.4 Å². The maximum Gasteiger partial charge on any atom is 0.0897 e. The minimum absolute atomic E-state index is 0.336. The Kier molecular flexibility index (Phi) is 5.75. The molecule has 17 heavy (non-hydrogen) atoms. The largest absolute Gasteiger partial charge is 0.389 e. The molecule has 0 heterocycles. The van der Waals surface area contributed by atoms with E-state index in [0.717, 1.165) is 12.5 Å². The lowest BCUT2D eigenvalue weighted by atomic mass is 9.83. The summed E-state index contributed by atoms with van der Waals surface area (Å²) in [4.78, 5) is 0. The van der Waals surface area contributed by atoms with Gasteiger partial charge in [0.1, 0.15) is 0 Å². The molecule has 3 nitrogen and oxygen atoms in total. The molecule has 3 heteroatoms. The number of nitrogens with one attached hydrogen (secondary N) is 1. The molecule has 0 spiro atoms. The molecule has 0 aliphatic heterocycles. The van der Waals surface area contributed by atoms with E-state index < -0.39 is 0 Å². The first-order valence-corrected chi connectivity index (χ1v) is 7.35. The van der Waals surface area contributed by atoms with Crippen molar-refractivity contribution in [2.45, 2.75) is 63.6 Å². The number of aliphatic hydroxyl groups is 1. The Balaban J connectivity index is 1.41. The number of rotatable bonds is 8. The molecule has 2 aliphatic rings. The van der Waals surface area contributed by atoms with Gasteiger partial charge in [-0.3, -0.25) is 0 Å². The van der Waals surface area contributed by atoms with Crippen molar-refractivity contribution in [1.82, 2.24) is 5.32 Å². The van der Waals surface area contributed by atoms with Crippen molar-refractivity contribution >= 4 is 0 Å². The quantitative estimate of drug-likeness (QED) is 0.639. The number of ether oxygens (including phenoxy) is 1. The lowest BCUT2D eigenvalue weighted by molar-refractivity contribution is -0.00548. The third-order valence-corrected chi connectivity index (χ3v) is 4.16. The molecular weight excluding hydrogens is 214 g/mol. The summed E-state index contributed by atoms with van der Waals surface area (Å²) in [6.07, 6.45) is 10.5. The Hall–Kier alpha value is -0.120. The highest BCUT2D eigenvalue weighted by atomic mass is 16.5. The van der Waals surface area contributed by atoms with Crippen LogP contribution in [0.3, 0.4) is 0 Å². The summed E-state index contributed by atoms with van der Waals surface area (Å²) in [5.41, 5.74) is 0. The Morgan fingerprint density at radius 1 is 1.12 bits per heavy atom. The first-order chi connectivity index (χ1) is 8.34. The van der Waals surface area contributed by atoms with E-state index in [1.807, 2.05) is 0 Å². The molecule has 0 radical (unpaired) electrons. The average molecular weight is 241 g/mol. The highest BCUT2D eigenvalue weighted by Crippen LogP contribution is 2.28. The maximum absolute atomic E-state index is 9.76. The molecule has 2 N–H and O–H groups in total. The van der Waals surface area contributed by atoms with E-state index in [0.29, 0.717) is 19.3 Å². The van der Waals surface area contributed by atoms with Crippen LogP contribution in [0.5, 0.6) is 0 Å². The minimum atomic E-state index is -0.336. The predicted octanol–water partition coefficient (Wildman–Crippen LogP) is 2.09. The number of hydrogen-bond donors (Lipinski definition) is 2. The third-order valence-electron chi connectivity index (χ3n) is 4.16. The van der Waals surface area contributed by atoms with Crippen molar-refractivity contribution in [1.29, 1.82) is 0 Å². The zero-order chi connectivity index (χ0) is 11.9. The van der Waals surface area contributed by atoms with Gasteiger partial charge in [0.25, 0.3) is 0 Å². The Morgan fingerprint density at radius 2 is 1.88 bits per heavy atom. The van der Waals surface area contributed by atoms with Crippen molar-refractivity contribution in [2.75, 3.05) is 19.7 Å². The standard InChI is InChI=1S/C14H27NO2/c16-13(11-17-14-6-1-2-7-14)10-15-9-8-12-4-3-5-12/h12-16H,1-11H2. The second kappa shape index (κ2) is 7.34. The molecule has 0 saturated heterocycles. The van der Waals surface area contributed by atoms with E-state index in [1.165, 1.54) is 51.4 Å². The lowest BCUT2D eigenvalue weighted by Crippen LogP contribution is -2.33. The van der Waals surface area contributed by atoms with Crippen LogP contribution in [0, 0.1) is 5.92 Å². The molecule has 0 bridgehead atoms. The van der Waals surface area contributed by atoms with E-state index in [-0.39, 0.29) is 6.10 Å². The van der Waals surface area contributed by atoms with Gasteiger partial charge in [-0.2, -0.15) is 0 Å². The summed E-state index contributed by atoms with van der Waals surface area (Å²) in [6.45, 7) is 2.23. The fourth-order valence-corrected chi connectivity index (χ4v) is 2.72. The van der Waals surface area contributed by atoms with Crippen LogP contribution in [0.2, 0.25) is 0 Å². The molecule has 0 aromatic rings. The zero-order valence-corrected chi connectivity index (χ0v) is 10.9. The van der Waals surface area contributed by atoms with Crippen LogP contribution < -0.4 is 5.32 Å². The Bertz CT molecular complexity index is 200. The zero-order valence-electron chi connectivity index (χ0n) is 10.9. The van der Waals surface area contributed by atoms with Crippen LogP contribution in [0.4, 0.5) is 0 Å². The van der Waals surface area contributed by atoms with Crippen molar-refractivity contribution in [2.24, 2.45) is 5.92 Å². The van der Waals surface area contributed by atoms with Gasteiger partial charge in [-0.1, -0.05) is 32.1 Å². The molecule has 2 aliphatic carbocycles. The normalized spacial score (nSPS) is 23.8. The average Bonchev–Trinajstić information content (AvgIpc) is 2.76. The van der Waals surface area contributed by atoms with Gasteiger partial charge >= 0.3 is 0 Å². The van der Waals surface area contributed by atoms with Crippen molar-refractivity contribution in [3.8, 4) is 0 Å². The minimum Gasteiger partial charge on any atom is -0.389 e. The fraction of sp³-hybridized carbons (Fsp3) is 1.00. The van der Waals surface area contributed by atoms with Crippen LogP contribution in [0.15, 0.2) is 0 Å². The Morgan fingerprint density at radius 3 is 2.53 bits per heavy atom. The summed E-state index contributed by atoms with van der Waals surface area (Å²) < 4.78 is 5.69. The summed E-state index contributed by atoms with van der Waals surface area (Å²) in [5, 5.41) is 13.1. The van der Waals surface area contributed by atoms with E-state index >= 15 is 0 Å². The topological polar surface area (TPSA) is 41.5 Å². The number of hydrogen-bond acceptors (Lipinski definition) is 3. The van der Waals surface area contributed by atoms with Gasteiger partial charge in [-0.15, -0.1) is 0 Å². The van der Waals surface area contributed by atoms with Gasteiger partial charge in [-0.25, -0.2) is 0 Å². The highest BCUT2D eigenvalue weighted by molar-refractivity contribution is 4.71. The molecule has 1 atom stereocenters. The van der Waals surface area contributed by atoms with E-state index in [1.54, 1.807) is 0 Å². The number of aliphatic hydroxyl groups excluding tert-OH is 1. The molecule has 2 saturated carbocycles. The third kappa shape index (κ3) is 4.94. The smallest absolute Gasteiger partial charge is 0.0897 e. The molecule has 100 valence electrons. The maximum atomic E-state index is 9.76. The summed E-state index contributed by atoms with van der Waals surface area (Å²) in [7, 11) is 0. The van der Waals surface area contributed by atoms with Gasteiger partial charge < -0.3 is 15.2 Å². The Labute approximate surface area is 105 Å². The molecule has 2 fully saturated rings. The second-order valence-electron chi connectivity index (χ2n) is 5.68. The summed E-state index contributed by atoms with van der Waals surface area (Å²) in [6, 6.07) is 0. The molecule has 0 aromatic carbocycles. The van der Waals surface area contributed by atoms with Gasteiger partial charge in [0.15, 0.2) is 0 Å². The summed E-state index contributed by atoms with van der Waals surface area (Å²) >= 11 is 0. The molecular formula is C14H27NO2. The van der Waals surface area contributed by atoms with Crippen LogP contribution in [0.25, 0.3) is 0 Å². The van der Waals surface area contributed by atoms with Gasteiger partial charge in [-0.05, 0) is 31.7 Å². The van der Waals surface area contributed by atoms with Crippen molar-refractivity contribution < 1.29 is 9.84 Å². The molecule has 1 unspecified atom stereocenters. The van der Waals surface area contributed by atoms with Crippen molar-refractivity contribution in [3.05, 3.63) is 0 Å². The van der Waals surface area contributed by atoms with E-state index in [4.69, 9.17) is 4.74 Å². The fourth-order valence-electron chi connectivity index (χ4n) is 2.72. The van der Waals surface area contributed by atoms with E-state index in [9.17, 15) is 5.11 Å². The van der Waals surface area contributed by atoms with Crippen LogP contribution in [-0.2, 0) is 4.74 Å². The van der Waals surface area contributed by atoms with Crippen LogP contribution >= 0.6 is 0 Å². The molecule has 0 amide bonds.